The first-order chi connectivity index (χ1) is 7.05. The monoisotopic (exact) mass is 227 g/mol. The first kappa shape index (κ1) is 12.5. The van der Waals surface area contributed by atoms with Crippen LogP contribution in [0.3, 0.4) is 0 Å². The average Bonchev–Trinajstić information content (AvgIpc) is 2.21. The topological polar surface area (TPSA) is 32.3 Å². The van der Waals surface area contributed by atoms with Crippen LogP contribution in [0.2, 0.25) is 5.02 Å². The van der Waals surface area contributed by atoms with E-state index in [9.17, 15) is 0 Å². The molecule has 0 spiro atoms. The summed E-state index contributed by atoms with van der Waals surface area (Å²) < 4.78 is 0. The van der Waals surface area contributed by atoms with Crippen molar-refractivity contribution in [1.29, 1.82) is 0 Å². The summed E-state index contributed by atoms with van der Waals surface area (Å²) in [5.74, 6) is 0. The van der Waals surface area contributed by atoms with Gasteiger partial charge in [-0.1, -0.05) is 43.6 Å². The zero-order valence-corrected chi connectivity index (χ0v) is 10.0. The van der Waals surface area contributed by atoms with Gasteiger partial charge in [0.25, 0.3) is 0 Å². The molecule has 2 N–H and O–H groups in total. The number of nitrogens with one attached hydrogen (secondary N) is 1. The van der Waals surface area contributed by atoms with Crippen molar-refractivity contribution in [2.75, 3.05) is 13.2 Å². The number of rotatable bonds is 5. The third kappa shape index (κ3) is 4.20. The number of hydrogen-bond acceptors (Lipinski definition) is 2. The Hall–Kier alpha value is -0.570. The highest BCUT2D eigenvalue weighted by Crippen LogP contribution is 2.16. The van der Waals surface area contributed by atoms with E-state index in [1.54, 1.807) is 0 Å². The van der Waals surface area contributed by atoms with E-state index < -0.39 is 0 Å². The Morgan fingerprint density at radius 3 is 2.60 bits per heavy atom. The van der Waals surface area contributed by atoms with Gasteiger partial charge < -0.3 is 10.4 Å². The smallest absolute Gasteiger partial charge is 0.0494 e. The minimum absolute atomic E-state index is 0.0821. The molecule has 3 heteroatoms. The number of aliphatic hydroxyl groups is 1. The maximum absolute atomic E-state index is 9.08. The van der Waals surface area contributed by atoms with Crippen molar-refractivity contribution >= 4 is 11.6 Å². The van der Waals surface area contributed by atoms with Crippen LogP contribution in [0.25, 0.3) is 0 Å². The normalized spacial score (nSPS) is 11.7. The van der Waals surface area contributed by atoms with Gasteiger partial charge in [-0.3, -0.25) is 0 Å². The number of benzene rings is 1. The number of halogens is 1. The lowest BCUT2D eigenvalue weighted by Crippen LogP contribution is -2.31. The van der Waals surface area contributed by atoms with E-state index in [2.05, 4.69) is 5.32 Å². The van der Waals surface area contributed by atoms with Gasteiger partial charge in [-0.2, -0.15) is 0 Å². The molecule has 0 amide bonds. The quantitative estimate of drug-likeness (QED) is 0.810. The molecule has 1 aromatic rings. The summed E-state index contributed by atoms with van der Waals surface area (Å²) in [7, 11) is 0. The fraction of sp³-hybridized carbons (Fsp3) is 0.500. The molecule has 0 saturated heterocycles. The summed E-state index contributed by atoms with van der Waals surface area (Å²) in [4.78, 5) is 0. The maximum Gasteiger partial charge on any atom is 0.0494 e. The van der Waals surface area contributed by atoms with Gasteiger partial charge in [-0.05, 0) is 11.6 Å². The second-order valence-electron chi connectivity index (χ2n) is 4.52. The van der Waals surface area contributed by atoms with Gasteiger partial charge in [0.1, 0.15) is 0 Å². The van der Waals surface area contributed by atoms with Crippen LogP contribution < -0.4 is 5.32 Å². The number of hydrogen-bond donors (Lipinski definition) is 2. The Morgan fingerprint density at radius 1 is 1.33 bits per heavy atom. The lowest BCUT2D eigenvalue weighted by Gasteiger charge is -2.22. The highest BCUT2D eigenvalue weighted by atomic mass is 35.5. The van der Waals surface area contributed by atoms with Crippen molar-refractivity contribution in [3.8, 4) is 0 Å². The molecule has 0 heterocycles. The van der Waals surface area contributed by atoms with Crippen LogP contribution in [0, 0.1) is 5.41 Å². The van der Waals surface area contributed by atoms with Gasteiger partial charge >= 0.3 is 0 Å². The summed E-state index contributed by atoms with van der Waals surface area (Å²) in [5, 5.41) is 13.2. The molecular weight excluding hydrogens is 210 g/mol. The SMILES string of the molecule is CC(C)(CO)CNCc1ccccc1Cl. The van der Waals surface area contributed by atoms with Gasteiger partial charge in [0.2, 0.25) is 0 Å². The molecule has 1 aromatic carbocycles. The molecule has 0 unspecified atom stereocenters. The molecule has 0 aliphatic carbocycles. The van der Waals surface area contributed by atoms with E-state index in [-0.39, 0.29) is 12.0 Å². The first-order valence-corrected chi connectivity index (χ1v) is 5.48. The lowest BCUT2D eigenvalue weighted by atomic mass is 9.95. The van der Waals surface area contributed by atoms with Crippen molar-refractivity contribution in [2.45, 2.75) is 20.4 Å². The van der Waals surface area contributed by atoms with Crippen LogP contribution >= 0.6 is 11.6 Å². The minimum atomic E-state index is -0.0821. The van der Waals surface area contributed by atoms with Crippen molar-refractivity contribution < 1.29 is 5.11 Å². The van der Waals surface area contributed by atoms with Crippen molar-refractivity contribution in [3.05, 3.63) is 34.9 Å². The highest BCUT2D eigenvalue weighted by molar-refractivity contribution is 6.31. The lowest BCUT2D eigenvalue weighted by molar-refractivity contribution is 0.156. The molecule has 0 radical (unpaired) electrons. The minimum Gasteiger partial charge on any atom is -0.396 e. The predicted octanol–water partition coefficient (Wildman–Crippen LogP) is 2.45. The van der Waals surface area contributed by atoms with Crippen molar-refractivity contribution in [2.24, 2.45) is 5.41 Å². The van der Waals surface area contributed by atoms with E-state index in [0.29, 0.717) is 0 Å². The summed E-state index contributed by atoms with van der Waals surface area (Å²) >= 11 is 6.02. The van der Waals surface area contributed by atoms with Gasteiger partial charge in [-0.25, -0.2) is 0 Å². The zero-order valence-electron chi connectivity index (χ0n) is 9.26. The molecule has 0 bridgehead atoms. The Labute approximate surface area is 96.3 Å². The third-order valence-electron chi connectivity index (χ3n) is 2.30. The molecule has 1 rings (SSSR count). The van der Waals surface area contributed by atoms with Crippen LogP contribution in [-0.2, 0) is 6.54 Å². The van der Waals surface area contributed by atoms with Gasteiger partial charge in [0.05, 0.1) is 0 Å². The molecule has 0 aromatic heterocycles. The Bertz CT molecular complexity index is 312. The molecule has 84 valence electrons. The summed E-state index contributed by atoms with van der Waals surface area (Å²) in [5.41, 5.74) is 1.01. The molecule has 2 nitrogen and oxygen atoms in total. The van der Waals surface area contributed by atoms with E-state index in [1.807, 2.05) is 38.1 Å². The zero-order chi connectivity index (χ0) is 11.3. The molecule has 0 aliphatic rings. The standard InChI is InChI=1S/C12H18ClNO/c1-12(2,9-15)8-14-7-10-5-3-4-6-11(10)13/h3-6,14-15H,7-9H2,1-2H3. The molecule has 0 fully saturated rings. The fourth-order valence-corrected chi connectivity index (χ4v) is 1.44. The van der Waals surface area contributed by atoms with Crippen LogP contribution in [0.5, 0.6) is 0 Å². The van der Waals surface area contributed by atoms with E-state index in [0.717, 1.165) is 23.7 Å². The highest BCUT2D eigenvalue weighted by Gasteiger charge is 2.15. The summed E-state index contributed by atoms with van der Waals surface area (Å²) in [6.07, 6.45) is 0. The molecular formula is C12H18ClNO. The second kappa shape index (κ2) is 5.50. The van der Waals surface area contributed by atoms with Gasteiger partial charge in [0.15, 0.2) is 0 Å². The molecule has 15 heavy (non-hydrogen) atoms. The summed E-state index contributed by atoms with van der Waals surface area (Å²) in [6, 6.07) is 7.78. The average molecular weight is 228 g/mol. The number of aliphatic hydroxyl groups excluding tert-OH is 1. The predicted molar refractivity (Wildman–Crippen MR) is 64.0 cm³/mol. The van der Waals surface area contributed by atoms with E-state index in [4.69, 9.17) is 16.7 Å². The van der Waals surface area contributed by atoms with Crippen molar-refractivity contribution in [1.82, 2.24) is 5.32 Å². The van der Waals surface area contributed by atoms with Gasteiger partial charge in [0, 0.05) is 30.1 Å². The van der Waals surface area contributed by atoms with Gasteiger partial charge in [-0.15, -0.1) is 0 Å². The van der Waals surface area contributed by atoms with Crippen molar-refractivity contribution in [3.63, 3.8) is 0 Å². The molecule has 0 saturated carbocycles. The second-order valence-corrected chi connectivity index (χ2v) is 4.92. The molecule has 0 aliphatic heterocycles. The molecule has 0 atom stereocenters. The van der Waals surface area contributed by atoms with Crippen LogP contribution in [0.1, 0.15) is 19.4 Å². The largest absolute Gasteiger partial charge is 0.396 e. The van der Waals surface area contributed by atoms with Crippen LogP contribution in [0.15, 0.2) is 24.3 Å². The van der Waals surface area contributed by atoms with E-state index >= 15 is 0 Å². The maximum atomic E-state index is 9.08. The Balaban J connectivity index is 2.42. The first-order valence-electron chi connectivity index (χ1n) is 5.10. The van der Waals surface area contributed by atoms with Crippen LogP contribution in [0.4, 0.5) is 0 Å². The Kier molecular flexibility index (Phi) is 4.58. The summed E-state index contributed by atoms with van der Waals surface area (Å²) in [6.45, 7) is 5.74. The Morgan fingerprint density at radius 2 is 2.00 bits per heavy atom. The fourth-order valence-electron chi connectivity index (χ4n) is 1.23. The third-order valence-corrected chi connectivity index (χ3v) is 2.67. The van der Waals surface area contributed by atoms with E-state index in [1.165, 1.54) is 0 Å². The van der Waals surface area contributed by atoms with Crippen LogP contribution in [-0.4, -0.2) is 18.3 Å².